The zero-order valence-electron chi connectivity index (χ0n) is 8.55. The summed E-state index contributed by atoms with van der Waals surface area (Å²) in [6.45, 7) is 2.85. The third-order valence-corrected chi connectivity index (χ3v) is 2.90. The average Bonchev–Trinajstić information content (AvgIpc) is 2.21. The SMILES string of the molecule is CCc1cc(OCCSC)ccc1Cl. The fourth-order valence-corrected chi connectivity index (χ4v) is 1.66. The molecule has 0 unspecified atom stereocenters. The molecule has 0 bridgehead atoms. The van der Waals surface area contributed by atoms with Crippen molar-refractivity contribution >= 4 is 23.4 Å². The summed E-state index contributed by atoms with van der Waals surface area (Å²) in [6, 6.07) is 5.83. The van der Waals surface area contributed by atoms with Crippen LogP contribution in [0.15, 0.2) is 18.2 Å². The number of rotatable bonds is 5. The van der Waals surface area contributed by atoms with E-state index in [0.717, 1.165) is 35.1 Å². The average molecular weight is 231 g/mol. The maximum Gasteiger partial charge on any atom is 0.119 e. The molecule has 0 atom stereocenters. The van der Waals surface area contributed by atoms with Gasteiger partial charge in [-0.15, -0.1) is 0 Å². The molecule has 0 aromatic heterocycles. The maximum absolute atomic E-state index is 6.00. The Balaban J connectivity index is 2.60. The molecule has 0 aliphatic carbocycles. The highest BCUT2D eigenvalue weighted by Gasteiger charge is 2.00. The van der Waals surface area contributed by atoms with Crippen LogP contribution in [-0.2, 0) is 6.42 Å². The minimum atomic E-state index is 0.756. The molecule has 0 saturated carbocycles. The minimum Gasteiger partial charge on any atom is -0.493 e. The summed E-state index contributed by atoms with van der Waals surface area (Å²) in [5.74, 6) is 1.93. The Morgan fingerprint density at radius 2 is 2.21 bits per heavy atom. The molecule has 0 N–H and O–H groups in total. The van der Waals surface area contributed by atoms with E-state index >= 15 is 0 Å². The number of thioether (sulfide) groups is 1. The zero-order chi connectivity index (χ0) is 10.4. The number of benzene rings is 1. The Bertz CT molecular complexity index is 289. The van der Waals surface area contributed by atoms with Crippen molar-refractivity contribution in [3.05, 3.63) is 28.8 Å². The second-order valence-electron chi connectivity index (χ2n) is 2.95. The predicted octanol–water partition coefficient (Wildman–Crippen LogP) is 3.64. The van der Waals surface area contributed by atoms with Crippen molar-refractivity contribution in [3.63, 3.8) is 0 Å². The number of hydrogen-bond donors (Lipinski definition) is 0. The number of ether oxygens (including phenoxy) is 1. The van der Waals surface area contributed by atoms with Crippen LogP contribution in [0.1, 0.15) is 12.5 Å². The van der Waals surface area contributed by atoms with Crippen molar-refractivity contribution in [1.29, 1.82) is 0 Å². The second kappa shape index (κ2) is 6.20. The van der Waals surface area contributed by atoms with E-state index in [2.05, 4.69) is 13.2 Å². The van der Waals surface area contributed by atoms with Gasteiger partial charge < -0.3 is 4.74 Å². The monoisotopic (exact) mass is 230 g/mol. The van der Waals surface area contributed by atoms with E-state index in [0.29, 0.717) is 0 Å². The van der Waals surface area contributed by atoms with E-state index in [4.69, 9.17) is 16.3 Å². The summed E-state index contributed by atoms with van der Waals surface area (Å²) in [7, 11) is 0. The Kier molecular flexibility index (Phi) is 5.20. The van der Waals surface area contributed by atoms with Gasteiger partial charge in [-0.1, -0.05) is 18.5 Å². The molecule has 0 saturated heterocycles. The lowest BCUT2D eigenvalue weighted by Crippen LogP contribution is -2.00. The number of hydrogen-bond acceptors (Lipinski definition) is 2. The summed E-state index contributed by atoms with van der Waals surface area (Å²) < 4.78 is 5.56. The minimum absolute atomic E-state index is 0.756. The van der Waals surface area contributed by atoms with Crippen molar-refractivity contribution in [3.8, 4) is 5.75 Å². The quantitative estimate of drug-likeness (QED) is 0.715. The highest BCUT2D eigenvalue weighted by Crippen LogP contribution is 2.22. The number of aryl methyl sites for hydroxylation is 1. The molecule has 0 aliphatic rings. The molecule has 1 aromatic rings. The molecule has 14 heavy (non-hydrogen) atoms. The van der Waals surface area contributed by atoms with Crippen LogP contribution >= 0.6 is 23.4 Å². The molecule has 0 aliphatic heterocycles. The van der Waals surface area contributed by atoms with Gasteiger partial charge in [-0.3, -0.25) is 0 Å². The molecular weight excluding hydrogens is 216 g/mol. The fraction of sp³-hybridized carbons (Fsp3) is 0.455. The Morgan fingerprint density at radius 3 is 2.86 bits per heavy atom. The van der Waals surface area contributed by atoms with Crippen LogP contribution in [0.4, 0.5) is 0 Å². The van der Waals surface area contributed by atoms with Crippen molar-refractivity contribution < 1.29 is 4.74 Å². The summed E-state index contributed by atoms with van der Waals surface area (Å²) in [5.41, 5.74) is 1.15. The van der Waals surface area contributed by atoms with E-state index in [-0.39, 0.29) is 0 Å². The van der Waals surface area contributed by atoms with Crippen LogP contribution in [0.25, 0.3) is 0 Å². The molecular formula is C11H15ClOS. The van der Waals surface area contributed by atoms with E-state index in [9.17, 15) is 0 Å². The first kappa shape index (κ1) is 11.7. The van der Waals surface area contributed by atoms with E-state index < -0.39 is 0 Å². The summed E-state index contributed by atoms with van der Waals surface area (Å²) in [6.07, 6.45) is 3.02. The standard InChI is InChI=1S/C11H15ClOS/c1-3-9-8-10(4-5-11(9)12)13-6-7-14-2/h4-5,8H,3,6-7H2,1-2H3. The highest BCUT2D eigenvalue weighted by molar-refractivity contribution is 7.98. The van der Waals surface area contributed by atoms with E-state index in [1.165, 1.54) is 0 Å². The molecule has 1 aromatic carbocycles. The van der Waals surface area contributed by atoms with Crippen molar-refractivity contribution in [2.45, 2.75) is 13.3 Å². The predicted molar refractivity (Wildman–Crippen MR) is 64.7 cm³/mol. The third-order valence-electron chi connectivity index (χ3n) is 1.95. The molecule has 78 valence electrons. The lowest BCUT2D eigenvalue weighted by molar-refractivity contribution is 0.343. The molecule has 0 spiro atoms. The first-order valence-corrected chi connectivity index (χ1v) is 6.45. The van der Waals surface area contributed by atoms with Gasteiger partial charge in [-0.05, 0) is 36.4 Å². The van der Waals surface area contributed by atoms with Crippen LogP contribution in [0, 0.1) is 0 Å². The topological polar surface area (TPSA) is 9.23 Å². The molecule has 0 fully saturated rings. The molecule has 3 heteroatoms. The van der Waals surface area contributed by atoms with Crippen LogP contribution < -0.4 is 4.74 Å². The van der Waals surface area contributed by atoms with Gasteiger partial charge in [0.05, 0.1) is 6.61 Å². The smallest absolute Gasteiger partial charge is 0.119 e. The lowest BCUT2D eigenvalue weighted by Gasteiger charge is -2.07. The Labute approximate surface area is 94.8 Å². The first-order chi connectivity index (χ1) is 6.77. The lowest BCUT2D eigenvalue weighted by atomic mass is 10.1. The Hall–Kier alpha value is -0.340. The van der Waals surface area contributed by atoms with Gasteiger partial charge >= 0.3 is 0 Å². The highest BCUT2D eigenvalue weighted by atomic mass is 35.5. The first-order valence-electron chi connectivity index (χ1n) is 4.68. The van der Waals surface area contributed by atoms with Crippen molar-refractivity contribution in [2.24, 2.45) is 0 Å². The molecule has 1 nitrogen and oxygen atoms in total. The molecule has 0 amide bonds. The van der Waals surface area contributed by atoms with Gasteiger partial charge in [-0.2, -0.15) is 11.8 Å². The summed E-state index contributed by atoms with van der Waals surface area (Å²) in [4.78, 5) is 0. The largest absolute Gasteiger partial charge is 0.493 e. The van der Waals surface area contributed by atoms with Gasteiger partial charge in [0.2, 0.25) is 0 Å². The van der Waals surface area contributed by atoms with Gasteiger partial charge in [0, 0.05) is 10.8 Å². The molecule has 0 radical (unpaired) electrons. The van der Waals surface area contributed by atoms with Crippen LogP contribution in [0.5, 0.6) is 5.75 Å². The van der Waals surface area contributed by atoms with Crippen LogP contribution in [-0.4, -0.2) is 18.6 Å². The van der Waals surface area contributed by atoms with Crippen molar-refractivity contribution in [1.82, 2.24) is 0 Å². The van der Waals surface area contributed by atoms with Crippen molar-refractivity contribution in [2.75, 3.05) is 18.6 Å². The Morgan fingerprint density at radius 1 is 1.43 bits per heavy atom. The van der Waals surface area contributed by atoms with E-state index in [1.807, 2.05) is 18.2 Å². The van der Waals surface area contributed by atoms with Gasteiger partial charge in [0.25, 0.3) is 0 Å². The van der Waals surface area contributed by atoms with Gasteiger partial charge in [0.15, 0.2) is 0 Å². The van der Waals surface area contributed by atoms with Gasteiger partial charge in [-0.25, -0.2) is 0 Å². The third kappa shape index (κ3) is 3.43. The van der Waals surface area contributed by atoms with Crippen LogP contribution in [0.3, 0.4) is 0 Å². The summed E-state index contributed by atoms with van der Waals surface area (Å²) >= 11 is 7.78. The maximum atomic E-state index is 6.00. The fourth-order valence-electron chi connectivity index (χ4n) is 1.15. The number of halogens is 1. The van der Waals surface area contributed by atoms with Crippen LogP contribution in [0.2, 0.25) is 5.02 Å². The van der Waals surface area contributed by atoms with E-state index in [1.54, 1.807) is 11.8 Å². The second-order valence-corrected chi connectivity index (χ2v) is 4.34. The normalized spacial score (nSPS) is 10.2. The molecule has 1 rings (SSSR count). The van der Waals surface area contributed by atoms with Gasteiger partial charge in [0.1, 0.15) is 5.75 Å². The zero-order valence-corrected chi connectivity index (χ0v) is 10.1. The molecule has 0 heterocycles. The summed E-state index contributed by atoms with van der Waals surface area (Å²) in [5, 5.41) is 0.824.